The van der Waals surface area contributed by atoms with Gasteiger partial charge in [-0.2, -0.15) is 0 Å². The van der Waals surface area contributed by atoms with Gasteiger partial charge >= 0.3 is 0 Å². The lowest BCUT2D eigenvalue weighted by atomic mass is 9.70. The number of anilines is 6. The minimum Gasteiger partial charge on any atom is -0.310 e. The summed E-state index contributed by atoms with van der Waals surface area (Å²) in [6.45, 7) is 13.6. The molecule has 73 heavy (non-hydrogen) atoms. The van der Waals surface area contributed by atoms with Crippen molar-refractivity contribution in [2.24, 2.45) is 0 Å². The number of hydrogen-bond acceptors (Lipinski definition) is 2. The van der Waals surface area contributed by atoms with Gasteiger partial charge in [-0.3, -0.25) is 0 Å². The Morgan fingerprint density at radius 2 is 0.795 bits per heavy atom. The van der Waals surface area contributed by atoms with E-state index in [9.17, 15) is 0 Å². The first-order valence-corrected chi connectivity index (χ1v) is 26.2. The maximum Gasteiger partial charge on any atom is 0.0791 e. The van der Waals surface area contributed by atoms with Crippen molar-refractivity contribution in [3.8, 4) is 27.9 Å². The monoisotopic (exact) mass is 941 g/mol. The first kappa shape index (κ1) is 44.5. The average molecular weight is 942 g/mol. The molecule has 11 aromatic rings. The second kappa shape index (κ2) is 17.4. The predicted molar refractivity (Wildman–Crippen MR) is 309 cm³/mol. The fourth-order valence-electron chi connectivity index (χ4n) is 12.4. The van der Waals surface area contributed by atoms with Crippen molar-refractivity contribution < 1.29 is 0 Å². The molecule has 3 nitrogen and oxygen atoms in total. The van der Waals surface area contributed by atoms with E-state index in [2.05, 4.69) is 286 Å². The largest absolute Gasteiger partial charge is 0.310 e. The van der Waals surface area contributed by atoms with E-state index in [1.54, 1.807) is 0 Å². The summed E-state index contributed by atoms with van der Waals surface area (Å²) in [5.74, 6) is 1.26. The van der Waals surface area contributed by atoms with Crippen molar-refractivity contribution >= 4 is 55.9 Å². The smallest absolute Gasteiger partial charge is 0.0791 e. The predicted octanol–water partition coefficient (Wildman–Crippen LogP) is 19.4. The van der Waals surface area contributed by atoms with Crippen molar-refractivity contribution in [2.75, 3.05) is 9.80 Å². The molecule has 0 unspecified atom stereocenters. The number of nitrogens with zero attached hydrogens (tertiary/aromatic N) is 3. The molecule has 1 heterocycles. The summed E-state index contributed by atoms with van der Waals surface area (Å²) in [6.07, 6.45) is 0. The van der Waals surface area contributed by atoms with Crippen LogP contribution in [0.4, 0.5) is 34.1 Å². The maximum absolute atomic E-state index is 2.59. The van der Waals surface area contributed by atoms with Crippen LogP contribution in [0.5, 0.6) is 0 Å². The lowest BCUT2D eigenvalue weighted by molar-refractivity contribution is 0.795. The number of benzene rings is 10. The van der Waals surface area contributed by atoms with Gasteiger partial charge < -0.3 is 14.4 Å². The van der Waals surface area contributed by atoms with Crippen LogP contribution in [0.15, 0.2) is 231 Å². The van der Waals surface area contributed by atoms with Gasteiger partial charge in [0.25, 0.3) is 0 Å². The molecule has 0 saturated carbocycles. The lowest BCUT2D eigenvalue weighted by Gasteiger charge is -2.33. The first-order valence-electron chi connectivity index (χ1n) is 26.2. The number of fused-ring (bicyclic) bond motifs is 13. The minimum atomic E-state index is -0.661. The van der Waals surface area contributed by atoms with Crippen LogP contribution in [-0.4, -0.2) is 4.57 Å². The van der Waals surface area contributed by atoms with Crippen LogP contribution in [0.1, 0.15) is 98.2 Å². The highest BCUT2D eigenvalue weighted by atomic mass is 15.2. The van der Waals surface area contributed by atoms with Gasteiger partial charge in [0, 0.05) is 50.5 Å². The van der Waals surface area contributed by atoms with E-state index >= 15 is 0 Å². The summed E-state index contributed by atoms with van der Waals surface area (Å²) >= 11 is 0. The molecule has 0 aliphatic heterocycles. The van der Waals surface area contributed by atoms with Gasteiger partial charge in [0.1, 0.15) is 0 Å². The third kappa shape index (κ3) is 6.86. The SMILES string of the molecule is CC(C)c1ccc(N(c2ccc(C(C)C)cc2)c2ccc3c(c2)C2(c4ccccc4-c4ccccc42)c2cc4c5ccccc5n(-c5ccccc5)c4c(N(c4ccccc4)c4ccc(C(C)C)cc4)c2-3)cc1. The maximum atomic E-state index is 2.59. The molecule has 2 aliphatic carbocycles. The quantitative estimate of drug-likeness (QED) is 0.135. The molecule has 0 fully saturated rings. The van der Waals surface area contributed by atoms with E-state index in [-0.39, 0.29) is 0 Å². The molecular formula is C70H59N3. The topological polar surface area (TPSA) is 11.4 Å². The Hall–Kier alpha value is -8.40. The summed E-state index contributed by atoms with van der Waals surface area (Å²) in [5, 5.41) is 2.44. The van der Waals surface area contributed by atoms with Crippen LogP contribution in [0.25, 0.3) is 49.7 Å². The van der Waals surface area contributed by atoms with Crippen LogP contribution in [-0.2, 0) is 5.41 Å². The molecule has 1 spiro atoms. The van der Waals surface area contributed by atoms with E-state index in [0.29, 0.717) is 17.8 Å². The molecule has 0 atom stereocenters. The van der Waals surface area contributed by atoms with Crippen molar-refractivity contribution in [3.63, 3.8) is 0 Å². The highest BCUT2D eigenvalue weighted by Gasteiger charge is 2.53. The molecule has 13 rings (SSSR count). The molecule has 354 valence electrons. The molecule has 1 aromatic heterocycles. The summed E-state index contributed by atoms with van der Waals surface area (Å²) in [5.41, 5.74) is 23.8. The Bertz CT molecular complexity index is 3760. The fourth-order valence-corrected chi connectivity index (χ4v) is 12.4. The van der Waals surface area contributed by atoms with Crippen LogP contribution >= 0.6 is 0 Å². The Labute approximate surface area is 430 Å². The van der Waals surface area contributed by atoms with E-state index in [1.807, 2.05) is 0 Å². The van der Waals surface area contributed by atoms with Crippen molar-refractivity contribution in [3.05, 3.63) is 269 Å². The van der Waals surface area contributed by atoms with Crippen molar-refractivity contribution in [2.45, 2.75) is 64.7 Å². The Kier molecular flexibility index (Phi) is 10.6. The van der Waals surface area contributed by atoms with Gasteiger partial charge in [0.2, 0.25) is 0 Å². The molecule has 10 aromatic carbocycles. The highest BCUT2D eigenvalue weighted by Crippen LogP contribution is 2.67. The standard InChI is InChI=1S/C70H59N3/c1-45(2)48-29-35-53(36-30-48)71(54-37-31-49(32-38-54)46(3)4)56-41-42-60-64(43-56)70(62-26-16-13-23-57(62)58-24-14-17-27-63(58)70)65-44-61-59-25-15-18-28-66(59)73(52-21-11-8-12-22-52)68(61)69(67(60)65)72(51-19-9-7-10-20-51)55-39-33-50(34-40-55)47(5)6/h7-47H,1-6H3. The van der Waals surface area contributed by atoms with Crippen molar-refractivity contribution in [1.82, 2.24) is 4.57 Å². The molecule has 0 amide bonds. The Morgan fingerprint density at radius 3 is 1.34 bits per heavy atom. The normalized spacial score (nSPS) is 13.0. The molecule has 3 heteroatoms. The lowest BCUT2D eigenvalue weighted by Crippen LogP contribution is -2.26. The third-order valence-corrected chi connectivity index (χ3v) is 15.9. The van der Waals surface area contributed by atoms with E-state index in [1.165, 1.54) is 83.0 Å². The fraction of sp³-hybridized carbons (Fsp3) is 0.143. The Morgan fingerprint density at radius 1 is 0.342 bits per heavy atom. The van der Waals surface area contributed by atoms with Gasteiger partial charge in [-0.15, -0.1) is 0 Å². The first-order chi connectivity index (χ1) is 35.7. The molecule has 0 N–H and O–H groups in total. The van der Waals surface area contributed by atoms with Crippen LogP contribution < -0.4 is 9.80 Å². The van der Waals surface area contributed by atoms with E-state index in [0.717, 1.165) is 39.8 Å². The van der Waals surface area contributed by atoms with Gasteiger partial charge in [0.15, 0.2) is 0 Å². The van der Waals surface area contributed by atoms with E-state index < -0.39 is 5.41 Å². The Balaban J connectivity index is 1.21. The zero-order chi connectivity index (χ0) is 49.5. The zero-order valence-electron chi connectivity index (χ0n) is 42.5. The number of rotatable bonds is 10. The number of para-hydroxylation sites is 3. The second-order valence-corrected chi connectivity index (χ2v) is 21.0. The molecular weight excluding hydrogens is 883 g/mol. The second-order valence-electron chi connectivity index (χ2n) is 21.0. The van der Waals surface area contributed by atoms with Crippen LogP contribution in [0, 0.1) is 0 Å². The van der Waals surface area contributed by atoms with Gasteiger partial charge in [-0.25, -0.2) is 0 Å². The summed E-state index contributed by atoms with van der Waals surface area (Å²) in [7, 11) is 0. The van der Waals surface area contributed by atoms with Gasteiger partial charge in [0.05, 0.1) is 22.1 Å². The summed E-state index contributed by atoms with van der Waals surface area (Å²) in [4.78, 5) is 5.03. The third-order valence-electron chi connectivity index (χ3n) is 15.9. The molecule has 0 saturated heterocycles. The van der Waals surface area contributed by atoms with Gasteiger partial charge in [-0.05, 0) is 158 Å². The zero-order valence-corrected chi connectivity index (χ0v) is 42.5. The highest BCUT2D eigenvalue weighted by molar-refractivity contribution is 6.20. The molecule has 2 aliphatic rings. The van der Waals surface area contributed by atoms with Crippen LogP contribution in [0.2, 0.25) is 0 Å². The summed E-state index contributed by atoms with van der Waals surface area (Å²) in [6, 6.07) is 87.2. The van der Waals surface area contributed by atoms with E-state index in [4.69, 9.17) is 0 Å². The summed E-state index contributed by atoms with van der Waals surface area (Å²) < 4.78 is 2.53. The number of hydrogen-bond donors (Lipinski definition) is 0. The average Bonchev–Trinajstić information content (AvgIpc) is 4.04. The van der Waals surface area contributed by atoms with Crippen molar-refractivity contribution in [1.29, 1.82) is 0 Å². The number of aromatic nitrogens is 1. The minimum absolute atomic E-state index is 0.400. The molecule has 0 bridgehead atoms. The van der Waals surface area contributed by atoms with Gasteiger partial charge in [-0.1, -0.05) is 187 Å². The molecule has 0 radical (unpaired) electrons. The van der Waals surface area contributed by atoms with Crippen LogP contribution in [0.3, 0.4) is 0 Å².